The van der Waals surface area contributed by atoms with Gasteiger partial charge in [0.25, 0.3) is 0 Å². The summed E-state index contributed by atoms with van der Waals surface area (Å²) in [6, 6.07) is 18.5. The molecule has 3 aromatic carbocycles. The van der Waals surface area contributed by atoms with E-state index in [1.165, 1.54) is 31.3 Å². The third-order valence-electron chi connectivity index (χ3n) is 5.79. The van der Waals surface area contributed by atoms with Crippen molar-refractivity contribution >= 4 is 34.8 Å². The fourth-order valence-corrected chi connectivity index (χ4v) is 4.29. The molecule has 0 spiro atoms. The Balaban J connectivity index is 1.80. The predicted octanol–water partition coefficient (Wildman–Crippen LogP) is 5.01. The fraction of sp³-hybridized carbons (Fsp3) is 0.0769. The highest BCUT2D eigenvalue weighted by Gasteiger charge is 2.28. The Kier molecular flexibility index (Phi) is 6.30. The lowest BCUT2D eigenvalue weighted by Gasteiger charge is -2.15. The van der Waals surface area contributed by atoms with Gasteiger partial charge >= 0.3 is 5.69 Å². The van der Waals surface area contributed by atoms with Gasteiger partial charge in [-0.2, -0.15) is 14.3 Å². The first-order valence-electron chi connectivity index (χ1n) is 10.9. The SMILES string of the molecule is CNC(=O)C(c1ccc(F)cc1)n1nc2c(-c3ccc(Cl)cc3)c(-c3ccc(Cl)cc3)cnn2c1=O. The summed E-state index contributed by atoms with van der Waals surface area (Å²) in [5, 5.41) is 12.6. The number of carbonyl (C=O) groups excluding carboxylic acids is 1. The van der Waals surface area contributed by atoms with Crippen molar-refractivity contribution in [3.05, 3.63) is 111 Å². The lowest BCUT2D eigenvalue weighted by molar-refractivity contribution is -0.123. The molecule has 0 saturated carbocycles. The smallest absolute Gasteiger partial charge is 0.357 e. The molecule has 180 valence electrons. The summed E-state index contributed by atoms with van der Waals surface area (Å²) >= 11 is 12.2. The number of aromatic nitrogens is 4. The molecule has 0 fully saturated rings. The lowest BCUT2D eigenvalue weighted by Crippen LogP contribution is -2.37. The maximum absolute atomic E-state index is 13.6. The van der Waals surface area contributed by atoms with Crippen LogP contribution in [-0.2, 0) is 4.79 Å². The van der Waals surface area contributed by atoms with Gasteiger partial charge in [0.1, 0.15) is 5.82 Å². The first-order chi connectivity index (χ1) is 17.4. The molecule has 2 aromatic heterocycles. The Morgan fingerprint density at radius 2 is 1.50 bits per heavy atom. The molecule has 0 aliphatic heterocycles. The van der Waals surface area contributed by atoms with Crippen LogP contribution in [0.3, 0.4) is 0 Å². The minimum Gasteiger partial charge on any atom is -0.357 e. The molecule has 1 amide bonds. The van der Waals surface area contributed by atoms with E-state index in [0.29, 0.717) is 26.7 Å². The highest BCUT2D eigenvalue weighted by atomic mass is 35.5. The minimum atomic E-state index is -1.14. The molecule has 0 aliphatic carbocycles. The average molecular weight is 522 g/mol. The standard InChI is InChI=1S/C26H18Cl2FN5O2/c1-30-25(35)23(17-6-12-20(29)13-7-17)33-26(36)34-24(32-33)22(16-4-10-19(28)11-5-16)21(14-31-34)15-2-8-18(27)9-3-15/h2-14,23H,1H3,(H,30,35). The average Bonchev–Trinajstić information content (AvgIpc) is 3.21. The molecule has 1 unspecified atom stereocenters. The van der Waals surface area contributed by atoms with Gasteiger partial charge < -0.3 is 5.32 Å². The second-order valence-corrected chi connectivity index (χ2v) is 8.85. The Morgan fingerprint density at radius 1 is 0.917 bits per heavy atom. The molecule has 0 saturated heterocycles. The van der Waals surface area contributed by atoms with Crippen molar-refractivity contribution in [2.24, 2.45) is 0 Å². The van der Waals surface area contributed by atoms with Crippen LogP contribution in [0.4, 0.5) is 4.39 Å². The van der Waals surface area contributed by atoms with Crippen LogP contribution in [0.2, 0.25) is 10.0 Å². The quantitative estimate of drug-likeness (QED) is 0.352. The van der Waals surface area contributed by atoms with Crippen molar-refractivity contribution in [3.8, 4) is 22.3 Å². The number of hydrogen-bond acceptors (Lipinski definition) is 4. The Labute approximate surface area is 214 Å². The first-order valence-corrected chi connectivity index (χ1v) is 11.6. The molecule has 7 nitrogen and oxygen atoms in total. The number of fused-ring (bicyclic) bond motifs is 1. The van der Waals surface area contributed by atoms with Crippen molar-refractivity contribution in [3.63, 3.8) is 0 Å². The summed E-state index contributed by atoms with van der Waals surface area (Å²) in [6.07, 6.45) is 1.57. The minimum absolute atomic E-state index is 0.241. The van der Waals surface area contributed by atoms with Crippen molar-refractivity contribution in [1.82, 2.24) is 24.7 Å². The molecule has 5 aromatic rings. The van der Waals surface area contributed by atoms with Crippen LogP contribution in [0.25, 0.3) is 27.9 Å². The molecule has 0 radical (unpaired) electrons. The topological polar surface area (TPSA) is 81.3 Å². The van der Waals surface area contributed by atoms with Gasteiger partial charge in [-0.15, -0.1) is 5.10 Å². The van der Waals surface area contributed by atoms with Gasteiger partial charge in [-0.1, -0.05) is 59.6 Å². The van der Waals surface area contributed by atoms with E-state index in [1.54, 1.807) is 30.5 Å². The summed E-state index contributed by atoms with van der Waals surface area (Å²) in [5.74, 6) is -0.950. The van der Waals surface area contributed by atoms with E-state index < -0.39 is 23.5 Å². The molecule has 5 rings (SSSR count). The van der Waals surface area contributed by atoms with Crippen LogP contribution in [0.5, 0.6) is 0 Å². The van der Waals surface area contributed by atoms with Gasteiger partial charge in [-0.05, 0) is 53.1 Å². The number of hydrogen-bond donors (Lipinski definition) is 1. The van der Waals surface area contributed by atoms with Crippen LogP contribution in [-0.4, -0.2) is 32.3 Å². The zero-order valence-electron chi connectivity index (χ0n) is 18.8. The number of carbonyl (C=O) groups is 1. The van der Waals surface area contributed by atoms with Gasteiger partial charge in [0.05, 0.1) is 6.20 Å². The zero-order chi connectivity index (χ0) is 25.4. The van der Waals surface area contributed by atoms with Crippen LogP contribution >= 0.6 is 23.2 Å². The maximum atomic E-state index is 13.6. The van der Waals surface area contributed by atoms with E-state index in [9.17, 15) is 14.0 Å². The van der Waals surface area contributed by atoms with E-state index in [1.807, 2.05) is 24.3 Å². The summed E-state index contributed by atoms with van der Waals surface area (Å²) in [5.41, 5.74) is 2.89. The van der Waals surface area contributed by atoms with E-state index in [4.69, 9.17) is 23.2 Å². The number of nitrogens with one attached hydrogen (secondary N) is 1. The molecule has 36 heavy (non-hydrogen) atoms. The molecule has 2 heterocycles. The number of nitrogens with zero attached hydrogens (tertiary/aromatic N) is 4. The highest BCUT2D eigenvalue weighted by Crippen LogP contribution is 2.35. The number of benzene rings is 3. The van der Waals surface area contributed by atoms with E-state index in [0.717, 1.165) is 20.3 Å². The maximum Gasteiger partial charge on any atom is 0.368 e. The molecule has 1 atom stereocenters. The van der Waals surface area contributed by atoms with E-state index in [-0.39, 0.29) is 5.65 Å². The third kappa shape index (κ3) is 4.25. The van der Waals surface area contributed by atoms with Gasteiger partial charge in [0.15, 0.2) is 11.7 Å². The number of rotatable bonds is 5. The molecular formula is C26H18Cl2FN5O2. The van der Waals surface area contributed by atoms with E-state index >= 15 is 0 Å². The van der Waals surface area contributed by atoms with Crippen LogP contribution in [0.1, 0.15) is 11.6 Å². The van der Waals surface area contributed by atoms with Crippen molar-refractivity contribution < 1.29 is 9.18 Å². The largest absolute Gasteiger partial charge is 0.368 e. The summed E-state index contributed by atoms with van der Waals surface area (Å²) < 4.78 is 15.8. The first kappa shape index (κ1) is 23.7. The van der Waals surface area contributed by atoms with Crippen LogP contribution in [0.15, 0.2) is 83.8 Å². The predicted molar refractivity (Wildman–Crippen MR) is 137 cm³/mol. The summed E-state index contributed by atoms with van der Waals surface area (Å²) in [4.78, 5) is 26.3. The molecule has 10 heteroatoms. The van der Waals surface area contributed by atoms with Crippen molar-refractivity contribution in [2.45, 2.75) is 6.04 Å². The third-order valence-corrected chi connectivity index (χ3v) is 6.29. The summed E-state index contributed by atoms with van der Waals surface area (Å²) in [6.45, 7) is 0. The number of halogens is 3. The Hall–Kier alpha value is -4.01. The second-order valence-electron chi connectivity index (χ2n) is 7.98. The van der Waals surface area contributed by atoms with Gasteiger partial charge in [-0.3, -0.25) is 4.79 Å². The lowest BCUT2D eigenvalue weighted by atomic mass is 9.97. The zero-order valence-corrected chi connectivity index (χ0v) is 20.3. The van der Waals surface area contributed by atoms with E-state index in [2.05, 4.69) is 15.5 Å². The molecule has 0 bridgehead atoms. The Bertz CT molecular complexity index is 1630. The van der Waals surface area contributed by atoms with Crippen molar-refractivity contribution in [1.29, 1.82) is 0 Å². The van der Waals surface area contributed by atoms with Gasteiger partial charge in [0.2, 0.25) is 5.91 Å². The number of likely N-dealkylation sites (N-methyl/N-ethyl adjacent to an activating group) is 1. The molecule has 1 N–H and O–H groups in total. The molecule has 0 aliphatic rings. The second kappa shape index (κ2) is 9.56. The normalized spacial score (nSPS) is 12.0. The Morgan fingerprint density at radius 3 is 2.08 bits per heavy atom. The van der Waals surface area contributed by atoms with Gasteiger partial charge in [-0.25, -0.2) is 9.18 Å². The van der Waals surface area contributed by atoms with Crippen LogP contribution < -0.4 is 11.0 Å². The number of amides is 1. The fourth-order valence-electron chi connectivity index (χ4n) is 4.04. The van der Waals surface area contributed by atoms with Gasteiger partial charge in [0, 0.05) is 28.2 Å². The van der Waals surface area contributed by atoms with Crippen LogP contribution in [0, 0.1) is 5.82 Å². The molecular weight excluding hydrogens is 504 g/mol. The summed E-state index contributed by atoms with van der Waals surface area (Å²) in [7, 11) is 1.45. The highest BCUT2D eigenvalue weighted by molar-refractivity contribution is 6.31. The monoisotopic (exact) mass is 521 g/mol. The van der Waals surface area contributed by atoms with Crippen molar-refractivity contribution in [2.75, 3.05) is 7.05 Å².